The van der Waals surface area contributed by atoms with Gasteiger partial charge in [0.1, 0.15) is 17.2 Å². The van der Waals surface area contributed by atoms with Crippen LogP contribution in [-0.4, -0.2) is 41.9 Å². The van der Waals surface area contributed by atoms with Crippen LogP contribution in [0, 0.1) is 11.7 Å². The number of furan rings is 1. The van der Waals surface area contributed by atoms with Crippen LogP contribution in [0.5, 0.6) is 0 Å². The Morgan fingerprint density at radius 1 is 0.953 bits per heavy atom. The molecule has 2 N–H and O–H groups in total. The van der Waals surface area contributed by atoms with Gasteiger partial charge in [-0.2, -0.15) is 0 Å². The predicted molar refractivity (Wildman–Crippen MR) is 166 cm³/mol. The minimum atomic E-state index is -0.881. The van der Waals surface area contributed by atoms with Crippen LogP contribution in [0.25, 0.3) is 33.4 Å². The summed E-state index contributed by atoms with van der Waals surface area (Å²) in [7, 11) is 0. The van der Waals surface area contributed by atoms with Crippen molar-refractivity contribution in [1.29, 1.82) is 0 Å². The third-order valence-corrected chi connectivity index (χ3v) is 8.45. The summed E-state index contributed by atoms with van der Waals surface area (Å²) in [6.07, 6.45) is 3.18. The number of Topliss-reactive ketones (excluding diaryl/α,β-unsaturated/α-hetero) is 1. The fourth-order valence-electron chi connectivity index (χ4n) is 6.13. The van der Waals surface area contributed by atoms with Gasteiger partial charge >= 0.3 is 5.97 Å². The van der Waals surface area contributed by atoms with E-state index < -0.39 is 17.9 Å². The van der Waals surface area contributed by atoms with E-state index in [-0.39, 0.29) is 23.9 Å². The first kappa shape index (κ1) is 30.0. The third-order valence-electron chi connectivity index (χ3n) is 8.45. The van der Waals surface area contributed by atoms with Gasteiger partial charge in [-0.3, -0.25) is 14.4 Å². The van der Waals surface area contributed by atoms with Gasteiger partial charge in [-0.05, 0) is 74.7 Å². The SMILES string of the molecule is CCC(=O)c1c(-c2ccc(F)cc2)oc2cc(N(CC)CC)c(-c3cccc(C(=O)N[C@H]4CCCC[C@H]4C(=O)O)c3)cc12. The van der Waals surface area contributed by atoms with Crippen LogP contribution in [0.2, 0.25) is 0 Å². The largest absolute Gasteiger partial charge is 0.481 e. The van der Waals surface area contributed by atoms with Crippen LogP contribution in [0.3, 0.4) is 0 Å². The minimum absolute atomic E-state index is 0.0896. The van der Waals surface area contributed by atoms with Crippen molar-refractivity contribution in [3.05, 3.63) is 77.6 Å². The van der Waals surface area contributed by atoms with Crippen molar-refractivity contribution in [2.45, 2.75) is 58.9 Å². The third kappa shape index (κ3) is 6.05. The summed E-state index contributed by atoms with van der Waals surface area (Å²) >= 11 is 0. The zero-order chi connectivity index (χ0) is 30.7. The molecule has 1 aliphatic rings. The maximum atomic E-state index is 13.7. The van der Waals surface area contributed by atoms with Gasteiger partial charge in [-0.1, -0.05) is 31.9 Å². The average Bonchev–Trinajstić information content (AvgIpc) is 3.40. The summed E-state index contributed by atoms with van der Waals surface area (Å²) < 4.78 is 20.0. The maximum Gasteiger partial charge on any atom is 0.308 e. The Morgan fingerprint density at radius 2 is 1.67 bits per heavy atom. The fourth-order valence-corrected chi connectivity index (χ4v) is 6.13. The average molecular weight is 585 g/mol. The summed E-state index contributed by atoms with van der Waals surface area (Å²) in [4.78, 5) is 40.6. The highest BCUT2D eigenvalue weighted by atomic mass is 19.1. The predicted octanol–water partition coefficient (Wildman–Crippen LogP) is 7.72. The van der Waals surface area contributed by atoms with Crippen LogP contribution >= 0.6 is 0 Å². The molecule has 1 saturated carbocycles. The van der Waals surface area contributed by atoms with Crippen molar-refractivity contribution in [2.75, 3.05) is 18.0 Å². The molecule has 7 nitrogen and oxygen atoms in total. The molecule has 0 bridgehead atoms. The van der Waals surface area contributed by atoms with E-state index in [0.717, 1.165) is 42.7 Å². The van der Waals surface area contributed by atoms with E-state index in [2.05, 4.69) is 24.1 Å². The number of carboxylic acid groups (broad SMARTS) is 1. The zero-order valence-corrected chi connectivity index (χ0v) is 24.8. The first-order valence-electron chi connectivity index (χ1n) is 15.0. The van der Waals surface area contributed by atoms with E-state index in [1.54, 1.807) is 25.1 Å². The second-order valence-corrected chi connectivity index (χ2v) is 11.0. The topological polar surface area (TPSA) is 99.9 Å². The number of carboxylic acids is 1. The maximum absolute atomic E-state index is 13.7. The molecule has 3 aromatic carbocycles. The van der Waals surface area contributed by atoms with E-state index in [1.807, 2.05) is 30.3 Å². The number of fused-ring (bicyclic) bond motifs is 1. The first-order chi connectivity index (χ1) is 20.7. The summed E-state index contributed by atoms with van der Waals surface area (Å²) in [5, 5.41) is 13.3. The van der Waals surface area contributed by atoms with Crippen LogP contribution in [-0.2, 0) is 4.79 Å². The summed E-state index contributed by atoms with van der Waals surface area (Å²) in [5.41, 5.74) is 4.55. The van der Waals surface area contributed by atoms with Gasteiger partial charge in [-0.25, -0.2) is 4.39 Å². The van der Waals surface area contributed by atoms with Crippen molar-refractivity contribution in [3.8, 4) is 22.5 Å². The number of rotatable bonds is 10. The monoisotopic (exact) mass is 584 g/mol. The number of hydrogen-bond acceptors (Lipinski definition) is 5. The number of aliphatic carboxylic acids is 1. The molecule has 1 aliphatic carbocycles. The normalized spacial score (nSPS) is 16.7. The Kier molecular flexibility index (Phi) is 8.94. The number of hydrogen-bond donors (Lipinski definition) is 2. The molecule has 0 unspecified atom stereocenters. The number of halogens is 1. The molecule has 224 valence electrons. The second-order valence-electron chi connectivity index (χ2n) is 11.0. The van der Waals surface area contributed by atoms with E-state index in [4.69, 9.17) is 4.42 Å². The molecule has 4 aromatic rings. The number of ketones is 1. The van der Waals surface area contributed by atoms with Gasteiger partial charge < -0.3 is 19.7 Å². The van der Waals surface area contributed by atoms with Crippen molar-refractivity contribution < 1.29 is 28.3 Å². The number of anilines is 1. The smallest absolute Gasteiger partial charge is 0.308 e. The summed E-state index contributed by atoms with van der Waals surface area (Å²) in [6.45, 7) is 7.36. The molecule has 43 heavy (non-hydrogen) atoms. The number of nitrogens with one attached hydrogen (secondary N) is 1. The van der Waals surface area contributed by atoms with Crippen LogP contribution in [0.1, 0.15) is 73.6 Å². The number of benzene rings is 3. The molecule has 1 aromatic heterocycles. The lowest BCUT2D eigenvalue weighted by atomic mass is 9.84. The van der Waals surface area contributed by atoms with Gasteiger partial charge in [0.15, 0.2) is 5.78 Å². The molecular weight excluding hydrogens is 547 g/mol. The molecule has 0 saturated heterocycles. The molecule has 0 aliphatic heterocycles. The van der Waals surface area contributed by atoms with E-state index in [9.17, 15) is 23.9 Å². The quantitative estimate of drug-likeness (QED) is 0.185. The number of nitrogens with zero attached hydrogens (tertiary/aromatic N) is 1. The van der Waals surface area contributed by atoms with Gasteiger partial charge in [-0.15, -0.1) is 0 Å². The zero-order valence-electron chi connectivity index (χ0n) is 24.8. The lowest BCUT2D eigenvalue weighted by Crippen LogP contribution is -2.45. The fraction of sp³-hybridized carbons (Fsp3) is 0.343. The van der Waals surface area contributed by atoms with E-state index in [0.29, 0.717) is 46.3 Å². The van der Waals surface area contributed by atoms with Gasteiger partial charge in [0.2, 0.25) is 0 Å². The summed E-state index contributed by atoms with van der Waals surface area (Å²) in [5.74, 6) is -1.85. The highest BCUT2D eigenvalue weighted by Crippen LogP contribution is 2.41. The van der Waals surface area contributed by atoms with Crippen LogP contribution in [0.15, 0.2) is 65.1 Å². The molecule has 1 heterocycles. The minimum Gasteiger partial charge on any atom is -0.481 e. The van der Waals surface area contributed by atoms with Gasteiger partial charge in [0, 0.05) is 59.4 Å². The highest BCUT2D eigenvalue weighted by molar-refractivity contribution is 6.13. The molecule has 1 amide bonds. The van der Waals surface area contributed by atoms with E-state index in [1.165, 1.54) is 12.1 Å². The highest BCUT2D eigenvalue weighted by Gasteiger charge is 2.32. The molecule has 5 rings (SSSR count). The van der Waals surface area contributed by atoms with Crippen molar-refractivity contribution in [2.24, 2.45) is 5.92 Å². The standard InChI is InChI=1S/C35H37FN2O5/c1-4-30(39)32-27-19-26(22-10-9-11-23(18-22)34(40)37-28-13-8-7-12-25(28)35(41)42)29(38(5-2)6-3)20-31(27)43-33(32)21-14-16-24(36)17-15-21/h9-11,14-20,25,28H,4-8,12-13H2,1-3H3,(H,37,40)(H,41,42)/t25-,28+/m1/s1. The molecule has 8 heteroatoms. The molecule has 0 spiro atoms. The van der Waals surface area contributed by atoms with E-state index >= 15 is 0 Å². The Hall–Kier alpha value is -4.46. The van der Waals surface area contributed by atoms with Crippen LogP contribution in [0.4, 0.5) is 10.1 Å². The number of amides is 1. The Bertz CT molecular complexity index is 1660. The molecule has 1 fully saturated rings. The lowest BCUT2D eigenvalue weighted by molar-refractivity contribution is -0.143. The van der Waals surface area contributed by atoms with Gasteiger partial charge in [0.25, 0.3) is 5.91 Å². The molecule has 2 atom stereocenters. The number of carbonyl (C=O) groups excluding carboxylic acids is 2. The molecule has 0 radical (unpaired) electrons. The van der Waals surface area contributed by atoms with Crippen molar-refractivity contribution in [1.82, 2.24) is 5.32 Å². The van der Waals surface area contributed by atoms with Gasteiger partial charge in [0.05, 0.1) is 11.5 Å². The molecular formula is C35H37FN2O5. The Morgan fingerprint density at radius 3 is 2.35 bits per heavy atom. The van der Waals surface area contributed by atoms with Crippen molar-refractivity contribution >= 4 is 34.3 Å². The van der Waals surface area contributed by atoms with Crippen molar-refractivity contribution in [3.63, 3.8) is 0 Å². The lowest BCUT2D eigenvalue weighted by Gasteiger charge is -2.29. The summed E-state index contributed by atoms with van der Waals surface area (Å²) in [6, 6.07) is 16.6. The Labute approximate surface area is 250 Å². The second kappa shape index (κ2) is 12.8. The first-order valence-corrected chi connectivity index (χ1v) is 15.0. The van der Waals surface area contributed by atoms with Crippen LogP contribution < -0.4 is 10.2 Å². The Balaban J connectivity index is 1.62. The number of carbonyl (C=O) groups is 3.